The van der Waals surface area contributed by atoms with Crippen LogP contribution in [0.15, 0.2) is 38.7 Å². The van der Waals surface area contributed by atoms with Gasteiger partial charge in [0.15, 0.2) is 23.8 Å². The molecule has 0 bridgehead atoms. The third-order valence-electron chi connectivity index (χ3n) is 6.34. The molecule has 0 aliphatic carbocycles. The summed E-state index contributed by atoms with van der Waals surface area (Å²) in [7, 11) is 0. The van der Waals surface area contributed by atoms with Crippen molar-refractivity contribution >= 4 is 29.5 Å². The summed E-state index contributed by atoms with van der Waals surface area (Å²) in [6.07, 6.45) is -2.03. The maximum absolute atomic E-state index is 13.5. The number of carbonyl (C=O) groups is 5. The molecule has 4 unspecified atom stereocenters. The second kappa shape index (κ2) is 15.6. The average Bonchev–Trinajstić information content (AvgIpc) is 2.90. The van der Waals surface area contributed by atoms with Gasteiger partial charge in [-0.2, -0.15) is 0 Å². The Kier molecular flexibility index (Phi) is 13.2. The summed E-state index contributed by atoms with van der Waals surface area (Å²) in [5.41, 5.74) is -3.80. The molecule has 1 aromatic heterocycles. The first kappa shape index (κ1) is 35.7. The summed E-state index contributed by atoms with van der Waals surface area (Å²) >= 11 is 0. The van der Waals surface area contributed by atoms with Gasteiger partial charge in [-0.3, -0.25) is 14.4 Å². The van der Waals surface area contributed by atoms with Crippen LogP contribution < -0.4 is 17.1 Å². The number of nitrogens with zero attached hydrogens (tertiary/aromatic N) is 3. The van der Waals surface area contributed by atoms with Crippen LogP contribution in [-0.2, 0) is 40.0 Å². The minimum absolute atomic E-state index is 0.120. The van der Waals surface area contributed by atoms with Crippen molar-refractivity contribution in [1.29, 1.82) is 0 Å². The standard InChI is InChI=1S/C28H39N3O11/c1-9-11-19(22(34)15(3)4)41-24(36)17(7)30-26(38)29(14-13-21(32)33)27(39)31(28(30)40)18(8)25(37)42-20(12-10-2)23(35)16(5)6/h17-20H,3,5,9-14H2,1-2,4,6-8H3,(H,32,33). The molecule has 0 aromatic carbocycles. The molecule has 14 nitrogen and oxygen atoms in total. The average molecular weight is 594 g/mol. The predicted molar refractivity (Wildman–Crippen MR) is 150 cm³/mol. The third-order valence-corrected chi connectivity index (χ3v) is 6.34. The van der Waals surface area contributed by atoms with Crippen LogP contribution in [0, 0.1) is 0 Å². The Bertz CT molecular complexity index is 1340. The van der Waals surface area contributed by atoms with Gasteiger partial charge in [0.2, 0.25) is 0 Å². The van der Waals surface area contributed by atoms with Gasteiger partial charge in [-0.05, 0) is 51.7 Å². The maximum atomic E-state index is 13.5. The molecule has 4 atom stereocenters. The van der Waals surface area contributed by atoms with E-state index in [1.54, 1.807) is 13.8 Å². The Labute approximate surface area is 242 Å². The van der Waals surface area contributed by atoms with Gasteiger partial charge in [0, 0.05) is 6.54 Å². The first-order valence-electron chi connectivity index (χ1n) is 13.5. The SMILES string of the molecule is C=C(C)C(=O)C(CCC)OC(=O)C(C)n1c(=O)n(CCC(=O)O)c(=O)n(C(C)C(=O)OC(CCC)C(=O)C(=C)C)c1=O. The Balaban J connectivity index is 3.74. The molecule has 0 aliphatic rings. The molecule has 232 valence electrons. The molecule has 42 heavy (non-hydrogen) atoms. The topological polar surface area (TPSA) is 190 Å². The summed E-state index contributed by atoms with van der Waals surface area (Å²) in [5, 5.41) is 9.12. The summed E-state index contributed by atoms with van der Waals surface area (Å²) < 4.78 is 11.7. The van der Waals surface area contributed by atoms with Crippen LogP contribution in [-0.4, -0.2) is 60.5 Å². The summed E-state index contributed by atoms with van der Waals surface area (Å²) in [6, 6.07) is -3.41. The second-order valence-electron chi connectivity index (χ2n) is 9.95. The van der Waals surface area contributed by atoms with Crippen molar-refractivity contribution in [3.05, 3.63) is 55.8 Å². The fourth-order valence-corrected chi connectivity index (χ4v) is 3.93. The number of carboxylic acids is 1. The summed E-state index contributed by atoms with van der Waals surface area (Å²) in [6.45, 7) is 15.0. The van der Waals surface area contributed by atoms with Crippen LogP contribution in [0.2, 0.25) is 0 Å². The van der Waals surface area contributed by atoms with Crippen molar-refractivity contribution in [1.82, 2.24) is 13.7 Å². The largest absolute Gasteiger partial charge is 0.481 e. The Hall–Kier alpha value is -4.36. The number of Topliss-reactive ketones (excluding diaryl/α,β-unsaturated/α-hetero) is 2. The lowest BCUT2D eigenvalue weighted by atomic mass is 10.1. The van der Waals surface area contributed by atoms with Crippen LogP contribution in [0.5, 0.6) is 0 Å². The lowest BCUT2D eigenvalue weighted by molar-refractivity contribution is -0.158. The monoisotopic (exact) mass is 593 g/mol. The number of ketones is 2. The van der Waals surface area contributed by atoms with Crippen LogP contribution >= 0.6 is 0 Å². The van der Waals surface area contributed by atoms with Gasteiger partial charge in [-0.1, -0.05) is 39.8 Å². The minimum atomic E-state index is -1.70. The number of hydrogen-bond acceptors (Lipinski definition) is 10. The fraction of sp³-hybridized carbons (Fsp3) is 0.571. The van der Waals surface area contributed by atoms with E-state index in [2.05, 4.69) is 13.2 Å². The lowest BCUT2D eigenvalue weighted by Gasteiger charge is -2.23. The Morgan fingerprint density at radius 1 is 0.738 bits per heavy atom. The van der Waals surface area contributed by atoms with Gasteiger partial charge in [0.05, 0.1) is 6.42 Å². The number of carbonyl (C=O) groups excluding carboxylic acids is 4. The molecule has 0 saturated carbocycles. The molecule has 1 aromatic rings. The smallest absolute Gasteiger partial charge is 0.337 e. The number of hydrogen-bond donors (Lipinski definition) is 1. The molecular weight excluding hydrogens is 554 g/mol. The van der Waals surface area contributed by atoms with E-state index in [4.69, 9.17) is 14.6 Å². The van der Waals surface area contributed by atoms with E-state index >= 15 is 0 Å². The highest BCUT2D eigenvalue weighted by Crippen LogP contribution is 2.15. The summed E-state index contributed by atoms with van der Waals surface area (Å²) in [5.74, 6) is -4.82. The first-order chi connectivity index (χ1) is 19.5. The molecule has 0 saturated heterocycles. The van der Waals surface area contributed by atoms with E-state index < -0.39 is 83.8 Å². The van der Waals surface area contributed by atoms with E-state index in [1.807, 2.05) is 0 Å². The number of aromatic nitrogens is 3. The van der Waals surface area contributed by atoms with Gasteiger partial charge < -0.3 is 14.6 Å². The number of ether oxygens (including phenoxy) is 2. The van der Waals surface area contributed by atoms with Crippen LogP contribution in [0.25, 0.3) is 0 Å². The highest BCUT2D eigenvalue weighted by Gasteiger charge is 2.33. The molecule has 0 aliphatic heterocycles. The zero-order valence-corrected chi connectivity index (χ0v) is 24.8. The van der Waals surface area contributed by atoms with Crippen molar-refractivity contribution in [3.63, 3.8) is 0 Å². The van der Waals surface area contributed by atoms with Crippen molar-refractivity contribution < 1.29 is 38.6 Å². The van der Waals surface area contributed by atoms with Crippen molar-refractivity contribution in [3.8, 4) is 0 Å². The normalized spacial score (nSPS) is 13.8. The second-order valence-corrected chi connectivity index (χ2v) is 9.95. The molecular formula is C28H39N3O11. The number of carboxylic acid groups (broad SMARTS) is 1. The molecule has 1 N–H and O–H groups in total. The van der Waals surface area contributed by atoms with Crippen LogP contribution in [0.3, 0.4) is 0 Å². The molecule has 1 rings (SSSR count). The predicted octanol–water partition coefficient (Wildman–Crippen LogP) is 1.48. The number of aliphatic carboxylic acids is 1. The zero-order valence-electron chi connectivity index (χ0n) is 24.8. The van der Waals surface area contributed by atoms with Gasteiger partial charge in [-0.15, -0.1) is 0 Å². The molecule has 0 spiro atoms. The van der Waals surface area contributed by atoms with Gasteiger partial charge in [-0.25, -0.2) is 37.7 Å². The van der Waals surface area contributed by atoms with E-state index in [1.165, 1.54) is 13.8 Å². The Morgan fingerprint density at radius 2 is 1.10 bits per heavy atom. The van der Waals surface area contributed by atoms with E-state index in [0.717, 1.165) is 13.8 Å². The Morgan fingerprint density at radius 3 is 1.38 bits per heavy atom. The molecule has 14 heteroatoms. The van der Waals surface area contributed by atoms with E-state index in [9.17, 15) is 38.4 Å². The van der Waals surface area contributed by atoms with Crippen molar-refractivity contribution in [2.24, 2.45) is 0 Å². The van der Waals surface area contributed by atoms with Gasteiger partial charge in [0.25, 0.3) is 0 Å². The van der Waals surface area contributed by atoms with Crippen molar-refractivity contribution in [2.45, 2.75) is 104 Å². The highest BCUT2D eigenvalue weighted by atomic mass is 16.6. The fourth-order valence-electron chi connectivity index (χ4n) is 3.93. The first-order valence-corrected chi connectivity index (χ1v) is 13.5. The number of esters is 2. The van der Waals surface area contributed by atoms with Crippen molar-refractivity contribution in [2.75, 3.05) is 0 Å². The van der Waals surface area contributed by atoms with Gasteiger partial charge in [0.1, 0.15) is 12.1 Å². The van der Waals surface area contributed by atoms with E-state index in [-0.39, 0.29) is 24.0 Å². The molecule has 0 radical (unpaired) electrons. The third kappa shape index (κ3) is 8.57. The minimum Gasteiger partial charge on any atom is -0.481 e. The molecule has 0 amide bonds. The zero-order chi connectivity index (χ0) is 32.5. The number of rotatable bonds is 17. The molecule has 1 heterocycles. The van der Waals surface area contributed by atoms with Gasteiger partial charge >= 0.3 is 35.0 Å². The summed E-state index contributed by atoms with van der Waals surface area (Å²) in [4.78, 5) is 102. The molecule has 0 fully saturated rings. The highest BCUT2D eigenvalue weighted by molar-refractivity contribution is 5.99. The quantitative estimate of drug-likeness (QED) is 0.203. The lowest BCUT2D eigenvalue weighted by Crippen LogP contribution is -2.58. The van der Waals surface area contributed by atoms with E-state index in [0.29, 0.717) is 26.5 Å². The maximum Gasteiger partial charge on any atom is 0.337 e. The van der Waals surface area contributed by atoms with Crippen LogP contribution in [0.1, 0.15) is 85.7 Å². The van der Waals surface area contributed by atoms with Crippen LogP contribution in [0.4, 0.5) is 0 Å².